The summed E-state index contributed by atoms with van der Waals surface area (Å²) in [7, 11) is 0. The van der Waals surface area contributed by atoms with Gasteiger partial charge in [-0.25, -0.2) is 8.78 Å². The number of alkyl halides is 2. The van der Waals surface area contributed by atoms with Crippen LogP contribution in [-0.4, -0.2) is 42.0 Å². The molecule has 92 valence electrons. The van der Waals surface area contributed by atoms with E-state index in [0.717, 1.165) is 17.7 Å². The summed E-state index contributed by atoms with van der Waals surface area (Å²) in [6, 6.07) is 0. The van der Waals surface area contributed by atoms with E-state index in [-0.39, 0.29) is 25.0 Å². The molecule has 0 bridgehead atoms. The van der Waals surface area contributed by atoms with Crippen LogP contribution in [0.5, 0.6) is 0 Å². The van der Waals surface area contributed by atoms with Crippen LogP contribution in [0.3, 0.4) is 0 Å². The Bertz CT molecular complexity index is 263. The van der Waals surface area contributed by atoms with Crippen molar-refractivity contribution in [2.45, 2.75) is 25.7 Å². The molecular weight excluding hydrogens is 216 g/mol. The third-order valence-corrected chi connectivity index (χ3v) is 3.63. The lowest BCUT2D eigenvalue weighted by molar-refractivity contribution is -0.138. The van der Waals surface area contributed by atoms with Gasteiger partial charge in [-0.2, -0.15) is 0 Å². The van der Waals surface area contributed by atoms with Crippen molar-refractivity contribution in [3.8, 4) is 0 Å². The molecular formula is C11H17F2NO2. The fraction of sp³-hybridized carbons (Fsp3) is 0.909. The zero-order chi connectivity index (χ0) is 11.7. The maximum absolute atomic E-state index is 12.3. The molecule has 1 amide bonds. The van der Waals surface area contributed by atoms with Gasteiger partial charge < -0.3 is 10.0 Å². The third kappa shape index (κ3) is 2.51. The molecule has 0 heterocycles. The normalized spacial score (nSPS) is 31.6. The highest BCUT2D eigenvalue weighted by Crippen LogP contribution is 2.54. The Kier molecular flexibility index (Phi) is 3.42. The molecule has 1 N–H and O–H groups in total. The Hall–Kier alpha value is -0.710. The number of aliphatic hydroxyl groups is 1. The Morgan fingerprint density at radius 1 is 1.31 bits per heavy atom. The molecule has 2 fully saturated rings. The third-order valence-electron chi connectivity index (χ3n) is 3.63. The van der Waals surface area contributed by atoms with Gasteiger partial charge in [0.1, 0.15) is 0 Å². The van der Waals surface area contributed by atoms with Gasteiger partial charge in [0.2, 0.25) is 5.91 Å². The number of aliphatic hydroxyl groups excluding tert-OH is 1. The SMILES string of the molecule is O=C(C1CC2CC2C1)N(CCO)CC(F)F. The van der Waals surface area contributed by atoms with Crippen molar-refractivity contribution in [1.29, 1.82) is 0 Å². The highest BCUT2D eigenvalue weighted by atomic mass is 19.3. The zero-order valence-corrected chi connectivity index (χ0v) is 9.11. The van der Waals surface area contributed by atoms with Gasteiger partial charge in [0.15, 0.2) is 0 Å². The van der Waals surface area contributed by atoms with E-state index in [0.29, 0.717) is 11.8 Å². The molecule has 2 aliphatic rings. The Labute approximate surface area is 93.4 Å². The Balaban J connectivity index is 1.88. The van der Waals surface area contributed by atoms with Crippen LogP contribution >= 0.6 is 0 Å². The molecule has 0 aromatic heterocycles. The molecule has 3 nitrogen and oxygen atoms in total. The number of carbonyl (C=O) groups excluding carboxylic acids is 1. The summed E-state index contributed by atoms with van der Waals surface area (Å²) >= 11 is 0. The summed E-state index contributed by atoms with van der Waals surface area (Å²) < 4.78 is 24.5. The van der Waals surface area contributed by atoms with Crippen molar-refractivity contribution < 1.29 is 18.7 Å². The number of amides is 1. The lowest BCUT2D eigenvalue weighted by Crippen LogP contribution is -2.40. The van der Waals surface area contributed by atoms with E-state index in [2.05, 4.69) is 0 Å². The van der Waals surface area contributed by atoms with E-state index < -0.39 is 13.0 Å². The molecule has 5 heteroatoms. The van der Waals surface area contributed by atoms with Crippen LogP contribution in [0.15, 0.2) is 0 Å². The molecule has 0 radical (unpaired) electrons. The Morgan fingerprint density at radius 2 is 1.94 bits per heavy atom. The fourth-order valence-electron chi connectivity index (χ4n) is 2.75. The first-order valence-electron chi connectivity index (χ1n) is 5.79. The number of halogens is 2. The second kappa shape index (κ2) is 4.65. The molecule has 2 unspecified atom stereocenters. The first kappa shape index (κ1) is 11.8. The molecule has 2 rings (SSSR count). The van der Waals surface area contributed by atoms with Gasteiger partial charge in [-0.3, -0.25) is 4.79 Å². The van der Waals surface area contributed by atoms with Gasteiger partial charge in [0.25, 0.3) is 6.43 Å². The number of hydrogen-bond donors (Lipinski definition) is 1. The molecule has 2 aliphatic carbocycles. The van der Waals surface area contributed by atoms with E-state index in [1.54, 1.807) is 0 Å². The summed E-state index contributed by atoms with van der Waals surface area (Å²) in [5.74, 6) is 1.06. The van der Waals surface area contributed by atoms with Gasteiger partial charge in [-0.1, -0.05) is 0 Å². The van der Waals surface area contributed by atoms with Crippen molar-refractivity contribution >= 4 is 5.91 Å². The van der Waals surface area contributed by atoms with E-state index in [4.69, 9.17) is 5.11 Å². The molecule has 0 spiro atoms. The first-order valence-corrected chi connectivity index (χ1v) is 5.79. The maximum atomic E-state index is 12.3. The van der Waals surface area contributed by atoms with E-state index in [1.807, 2.05) is 0 Å². The van der Waals surface area contributed by atoms with Gasteiger partial charge in [-0.05, 0) is 31.1 Å². The average molecular weight is 233 g/mol. The lowest BCUT2D eigenvalue weighted by atomic mass is 10.0. The van der Waals surface area contributed by atoms with Gasteiger partial charge >= 0.3 is 0 Å². The standard InChI is InChI=1S/C11H17F2NO2/c12-10(13)6-14(1-2-15)11(16)9-4-7-3-8(7)5-9/h7-10,15H,1-6H2. The average Bonchev–Trinajstić information content (AvgIpc) is 2.83. The predicted molar refractivity (Wildman–Crippen MR) is 54.0 cm³/mol. The minimum atomic E-state index is -2.52. The van der Waals surface area contributed by atoms with Crippen LogP contribution in [0.4, 0.5) is 8.78 Å². The molecule has 0 saturated heterocycles. The van der Waals surface area contributed by atoms with Crippen molar-refractivity contribution in [2.24, 2.45) is 17.8 Å². The topological polar surface area (TPSA) is 40.5 Å². The summed E-state index contributed by atoms with van der Waals surface area (Å²) in [4.78, 5) is 13.0. The van der Waals surface area contributed by atoms with Crippen LogP contribution in [0.1, 0.15) is 19.3 Å². The van der Waals surface area contributed by atoms with E-state index >= 15 is 0 Å². The number of nitrogens with zero attached hydrogens (tertiary/aromatic N) is 1. The van der Waals surface area contributed by atoms with Gasteiger partial charge in [-0.15, -0.1) is 0 Å². The smallest absolute Gasteiger partial charge is 0.255 e. The second-order valence-corrected chi connectivity index (χ2v) is 4.82. The van der Waals surface area contributed by atoms with Crippen LogP contribution < -0.4 is 0 Å². The van der Waals surface area contributed by atoms with Crippen LogP contribution in [0, 0.1) is 17.8 Å². The number of carbonyl (C=O) groups is 1. The highest BCUT2D eigenvalue weighted by molar-refractivity contribution is 5.79. The number of fused-ring (bicyclic) bond motifs is 1. The molecule has 16 heavy (non-hydrogen) atoms. The fourth-order valence-corrected chi connectivity index (χ4v) is 2.75. The number of hydrogen-bond acceptors (Lipinski definition) is 2. The minimum Gasteiger partial charge on any atom is -0.395 e. The summed E-state index contributed by atoms with van der Waals surface area (Å²) in [5, 5.41) is 8.76. The van der Waals surface area contributed by atoms with Crippen molar-refractivity contribution in [3.05, 3.63) is 0 Å². The zero-order valence-electron chi connectivity index (χ0n) is 9.11. The maximum Gasteiger partial charge on any atom is 0.255 e. The quantitative estimate of drug-likeness (QED) is 0.773. The van der Waals surface area contributed by atoms with Crippen molar-refractivity contribution in [1.82, 2.24) is 4.90 Å². The molecule has 0 aliphatic heterocycles. The largest absolute Gasteiger partial charge is 0.395 e. The summed E-state index contributed by atoms with van der Waals surface area (Å²) in [5.41, 5.74) is 0. The van der Waals surface area contributed by atoms with Crippen molar-refractivity contribution in [3.63, 3.8) is 0 Å². The molecule has 0 aromatic carbocycles. The minimum absolute atomic E-state index is 0.0228. The highest BCUT2D eigenvalue weighted by Gasteiger charge is 2.48. The summed E-state index contributed by atoms with van der Waals surface area (Å²) in [6.45, 7) is -0.779. The molecule has 2 saturated carbocycles. The number of rotatable bonds is 5. The van der Waals surface area contributed by atoms with E-state index in [9.17, 15) is 13.6 Å². The predicted octanol–water partition coefficient (Wildman–Crippen LogP) is 1.12. The summed E-state index contributed by atoms with van der Waals surface area (Å²) in [6.07, 6.45) is 0.397. The Morgan fingerprint density at radius 3 is 2.44 bits per heavy atom. The molecule has 0 aromatic rings. The lowest BCUT2D eigenvalue weighted by Gasteiger charge is -2.25. The monoisotopic (exact) mass is 233 g/mol. The second-order valence-electron chi connectivity index (χ2n) is 4.82. The molecule has 2 atom stereocenters. The van der Waals surface area contributed by atoms with Crippen LogP contribution in [0.2, 0.25) is 0 Å². The van der Waals surface area contributed by atoms with Crippen molar-refractivity contribution in [2.75, 3.05) is 19.7 Å². The van der Waals surface area contributed by atoms with Crippen LogP contribution in [0.25, 0.3) is 0 Å². The first-order chi connectivity index (χ1) is 7.61. The van der Waals surface area contributed by atoms with Gasteiger partial charge in [0, 0.05) is 12.5 Å². The van der Waals surface area contributed by atoms with Gasteiger partial charge in [0.05, 0.1) is 13.2 Å². The van der Waals surface area contributed by atoms with E-state index in [1.165, 1.54) is 6.42 Å². The van der Waals surface area contributed by atoms with Crippen LogP contribution in [-0.2, 0) is 4.79 Å².